The number of sulfonamides is 1. The lowest BCUT2D eigenvalue weighted by atomic mass is 10.3. The number of halogens is 1. The molecule has 0 saturated heterocycles. The predicted octanol–water partition coefficient (Wildman–Crippen LogP) is 2.63. The first kappa shape index (κ1) is 20.3. The SMILES string of the molecule is C[C@@H](NS(=O)(=O)c1cccc(Cl)c1)C(=O)NCCCc1nc2ccccc2[nH]1. The van der Waals surface area contributed by atoms with Crippen molar-refractivity contribution in [2.24, 2.45) is 0 Å². The van der Waals surface area contributed by atoms with Crippen LogP contribution in [0, 0.1) is 0 Å². The summed E-state index contributed by atoms with van der Waals surface area (Å²) in [6.45, 7) is 1.91. The van der Waals surface area contributed by atoms with E-state index in [1.165, 1.54) is 19.1 Å². The molecule has 28 heavy (non-hydrogen) atoms. The minimum atomic E-state index is -3.83. The van der Waals surface area contributed by atoms with E-state index in [-0.39, 0.29) is 4.90 Å². The fraction of sp³-hybridized carbons (Fsp3) is 0.263. The largest absolute Gasteiger partial charge is 0.355 e. The summed E-state index contributed by atoms with van der Waals surface area (Å²) in [5, 5.41) is 3.05. The molecule has 0 aliphatic heterocycles. The molecule has 0 spiro atoms. The number of carbonyl (C=O) groups is 1. The number of amides is 1. The van der Waals surface area contributed by atoms with Gasteiger partial charge in [0.15, 0.2) is 0 Å². The number of hydrogen-bond acceptors (Lipinski definition) is 4. The third kappa shape index (κ3) is 5.09. The molecule has 1 heterocycles. The highest BCUT2D eigenvalue weighted by Gasteiger charge is 2.22. The van der Waals surface area contributed by atoms with Gasteiger partial charge in [0.2, 0.25) is 15.9 Å². The quantitative estimate of drug-likeness (QED) is 0.487. The van der Waals surface area contributed by atoms with Gasteiger partial charge in [0.1, 0.15) is 5.82 Å². The Balaban J connectivity index is 1.47. The van der Waals surface area contributed by atoms with Gasteiger partial charge in [-0.15, -0.1) is 0 Å². The number of nitrogens with one attached hydrogen (secondary N) is 3. The second-order valence-electron chi connectivity index (χ2n) is 6.40. The number of aromatic nitrogens is 2. The molecule has 0 unspecified atom stereocenters. The van der Waals surface area contributed by atoms with Crippen molar-refractivity contribution >= 4 is 38.6 Å². The van der Waals surface area contributed by atoms with Gasteiger partial charge in [0, 0.05) is 18.0 Å². The lowest BCUT2D eigenvalue weighted by Crippen LogP contribution is -2.45. The lowest BCUT2D eigenvalue weighted by molar-refractivity contribution is -0.122. The molecule has 3 N–H and O–H groups in total. The number of benzene rings is 2. The Labute approximate surface area is 168 Å². The van der Waals surface area contributed by atoms with Crippen LogP contribution in [0.25, 0.3) is 11.0 Å². The van der Waals surface area contributed by atoms with E-state index in [9.17, 15) is 13.2 Å². The second-order valence-corrected chi connectivity index (χ2v) is 8.55. The van der Waals surface area contributed by atoms with Crippen LogP contribution in [0.1, 0.15) is 19.2 Å². The molecule has 7 nitrogen and oxygen atoms in total. The molecular formula is C19H21ClN4O3S. The van der Waals surface area contributed by atoms with Crippen LogP contribution >= 0.6 is 11.6 Å². The third-order valence-electron chi connectivity index (χ3n) is 4.16. The van der Waals surface area contributed by atoms with Gasteiger partial charge in [-0.3, -0.25) is 4.79 Å². The van der Waals surface area contributed by atoms with Crippen LogP contribution in [-0.4, -0.2) is 36.9 Å². The number of aromatic amines is 1. The normalized spacial score (nSPS) is 12.8. The maximum Gasteiger partial charge on any atom is 0.241 e. The molecule has 0 bridgehead atoms. The van der Waals surface area contributed by atoms with Crippen molar-refractivity contribution in [2.75, 3.05) is 6.54 Å². The van der Waals surface area contributed by atoms with Gasteiger partial charge < -0.3 is 10.3 Å². The summed E-state index contributed by atoms with van der Waals surface area (Å²) in [6.07, 6.45) is 1.36. The van der Waals surface area contributed by atoms with Crippen LogP contribution in [-0.2, 0) is 21.2 Å². The molecule has 1 atom stereocenters. The van der Waals surface area contributed by atoms with Crippen LogP contribution in [0.5, 0.6) is 0 Å². The Kier molecular flexibility index (Phi) is 6.33. The molecule has 0 saturated carbocycles. The van der Waals surface area contributed by atoms with Crippen molar-refractivity contribution in [1.29, 1.82) is 0 Å². The molecule has 0 aliphatic carbocycles. The Morgan fingerprint density at radius 1 is 1.21 bits per heavy atom. The Morgan fingerprint density at radius 2 is 2.00 bits per heavy atom. The van der Waals surface area contributed by atoms with E-state index >= 15 is 0 Å². The number of hydrogen-bond donors (Lipinski definition) is 3. The average molecular weight is 421 g/mol. The maximum absolute atomic E-state index is 12.3. The predicted molar refractivity (Wildman–Crippen MR) is 109 cm³/mol. The van der Waals surface area contributed by atoms with Gasteiger partial charge in [-0.2, -0.15) is 4.72 Å². The van der Waals surface area contributed by atoms with Gasteiger partial charge in [0.25, 0.3) is 0 Å². The van der Waals surface area contributed by atoms with Crippen molar-refractivity contribution in [1.82, 2.24) is 20.0 Å². The molecule has 2 aromatic carbocycles. The zero-order valence-electron chi connectivity index (χ0n) is 15.3. The summed E-state index contributed by atoms with van der Waals surface area (Å²) in [4.78, 5) is 19.9. The molecule has 9 heteroatoms. The van der Waals surface area contributed by atoms with Crippen LogP contribution in [0.2, 0.25) is 5.02 Å². The molecule has 148 valence electrons. The zero-order valence-corrected chi connectivity index (χ0v) is 16.8. The van der Waals surface area contributed by atoms with Crippen molar-refractivity contribution in [3.63, 3.8) is 0 Å². The van der Waals surface area contributed by atoms with E-state index in [0.29, 0.717) is 24.4 Å². The topological polar surface area (TPSA) is 104 Å². The van der Waals surface area contributed by atoms with Crippen molar-refractivity contribution in [2.45, 2.75) is 30.7 Å². The number of nitrogens with zero attached hydrogens (tertiary/aromatic N) is 1. The number of rotatable bonds is 8. The molecule has 3 aromatic rings. The summed E-state index contributed by atoms with van der Waals surface area (Å²) in [6, 6.07) is 12.7. The molecule has 1 amide bonds. The van der Waals surface area contributed by atoms with Gasteiger partial charge in [-0.25, -0.2) is 13.4 Å². The molecule has 0 radical (unpaired) electrons. The van der Waals surface area contributed by atoms with Crippen molar-refractivity contribution in [3.05, 3.63) is 59.4 Å². The van der Waals surface area contributed by atoms with Crippen LogP contribution in [0.15, 0.2) is 53.4 Å². The Hall–Kier alpha value is -2.42. The summed E-state index contributed by atoms with van der Waals surface area (Å²) in [5.74, 6) is 0.459. The molecule has 1 aromatic heterocycles. The summed E-state index contributed by atoms with van der Waals surface area (Å²) < 4.78 is 27.0. The maximum atomic E-state index is 12.3. The summed E-state index contributed by atoms with van der Waals surface area (Å²) in [7, 11) is -3.83. The molecule has 3 rings (SSSR count). The minimum Gasteiger partial charge on any atom is -0.355 e. The first-order valence-corrected chi connectivity index (χ1v) is 10.7. The van der Waals surface area contributed by atoms with Crippen LogP contribution < -0.4 is 10.0 Å². The van der Waals surface area contributed by atoms with Crippen molar-refractivity contribution < 1.29 is 13.2 Å². The number of H-pyrrole nitrogens is 1. The van der Waals surface area contributed by atoms with Gasteiger partial charge in [-0.1, -0.05) is 29.8 Å². The minimum absolute atomic E-state index is 0.0181. The van der Waals surface area contributed by atoms with Crippen LogP contribution in [0.3, 0.4) is 0 Å². The summed E-state index contributed by atoms with van der Waals surface area (Å²) >= 11 is 5.83. The first-order valence-electron chi connectivity index (χ1n) is 8.84. The second kappa shape index (κ2) is 8.72. The van der Waals surface area contributed by atoms with E-state index in [4.69, 9.17) is 11.6 Å². The number of para-hydroxylation sites is 2. The van der Waals surface area contributed by atoms with E-state index in [2.05, 4.69) is 20.0 Å². The number of fused-ring (bicyclic) bond motifs is 1. The fourth-order valence-electron chi connectivity index (χ4n) is 2.73. The van der Waals surface area contributed by atoms with E-state index in [1.54, 1.807) is 12.1 Å². The first-order chi connectivity index (χ1) is 13.3. The monoisotopic (exact) mass is 420 g/mol. The van der Waals surface area contributed by atoms with Gasteiger partial charge >= 0.3 is 0 Å². The molecule has 0 aliphatic rings. The van der Waals surface area contributed by atoms with E-state index in [0.717, 1.165) is 16.9 Å². The highest BCUT2D eigenvalue weighted by atomic mass is 35.5. The number of aryl methyl sites for hydroxylation is 1. The molecule has 0 fully saturated rings. The van der Waals surface area contributed by atoms with Gasteiger partial charge in [-0.05, 0) is 43.7 Å². The van der Waals surface area contributed by atoms with E-state index < -0.39 is 22.0 Å². The van der Waals surface area contributed by atoms with Crippen molar-refractivity contribution in [3.8, 4) is 0 Å². The number of imidazole rings is 1. The summed E-state index contributed by atoms with van der Waals surface area (Å²) in [5.41, 5.74) is 1.89. The highest BCUT2D eigenvalue weighted by Crippen LogP contribution is 2.15. The number of carbonyl (C=O) groups excluding carboxylic acids is 1. The standard InChI is InChI=1S/C19H21ClN4O3S/c1-13(24-28(26,27)15-7-4-6-14(20)12-15)19(25)21-11-5-10-18-22-16-8-2-3-9-17(16)23-18/h2-4,6-9,12-13,24H,5,10-11H2,1H3,(H,21,25)(H,22,23)/t13-/m1/s1. The average Bonchev–Trinajstić information content (AvgIpc) is 3.07. The Morgan fingerprint density at radius 3 is 2.75 bits per heavy atom. The Bertz CT molecular complexity index is 1050. The fourth-order valence-corrected chi connectivity index (χ4v) is 4.24. The van der Waals surface area contributed by atoms with Gasteiger partial charge in [0.05, 0.1) is 22.0 Å². The lowest BCUT2D eigenvalue weighted by Gasteiger charge is -2.14. The highest BCUT2D eigenvalue weighted by molar-refractivity contribution is 7.89. The zero-order chi connectivity index (χ0) is 20.1. The van der Waals surface area contributed by atoms with E-state index in [1.807, 2.05) is 24.3 Å². The third-order valence-corrected chi connectivity index (χ3v) is 5.93. The smallest absolute Gasteiger partial charge is 0.241 e. The molecular weight excluding hydrogens is 400 g/mol. The van der Waals surface area contributed by atoms with Crippen LogP contribution in [0.4, 0.5) is 0 Å².